The van der Waals surface area contributed by atoms with E-state index in [1.807, 2.05) is 66.1 Å². The van der Waals surface area contributed by atoms with Crippen LogP contribution in [-0.4, -0.2) is 48.3 Å². The van der Waals surface area contributed by atoms with Crippen LogP contribution < -0.4 is 10.6 Å². The molecule has 13 heteroatoms. The molecule has 0 aliphatic heterocycles. The summed E-state index contributed by atoms with van der Waals surface area (Å²) in [4.78, 5) is 41.1. The first-order chi connectivity index (χ1) is 22.8. The predicted molar refractivity (Wildman–Crippen MR) is 177 cm³/mol. The number of carboxylic acids is 1. The van der Waals surface area contributed by atoms with Crippen LogP contribution in [0, 0.1) is 17.0 Å². The number of amides is 1. The Hall–Kier alpha value is -6.11. The monoisotopic (exact) mass is 633 g/mol. The van der Waals surface area contributed by atoms with Crippen molar-refractivity contribution in [2.24, 2.45) is 0 Å². The number of benzene rings is 4. The number of aromatic carboxylic acids is 1. The van der Waals surface area contributed by atoms with E-state index in [1.165, 1.54) is 12.1 Å². The minimum atomic E-state index is -1.02. The number of carbonyl (C=O) groups is 2. The Balaban J connectivity index is 1.28. The van der Waals surface area contributed by atoms with Crippen LogP contribution in [0.5, 0.6) is 0 Å². The molecule has 2 heterocycles. The summed E-state index contributed by atoms with van der Waals surface area (Å²) in [5, 5.41) is 34.9. The molecule has 0 aliphatic rings. The molecule has 2 aromatic heterocycles. The highest BCUT2D eigenvalue weighted by Gasteiger charge is 2.22. The first kappa shape index (κ1) is 30.9. The third kappa shape index (κ3) is 6.10. The van der Waals surface area contributed by atoms with Crippen molar-refractivity contribution in [2.75, 3.05) is 17.2 Å². The van der Waals surface area contributed by atoms with E-state index in [-0.39, 0.29) is 41.2 Å². The molecule has 0 spiro atoms. The fourth-order valence-electron chi connectivity index (χ4n) is 5.73. The van der Waals surface area contributed by atoms with Gasteiger partial charge in [-0.05, 0) is 70.7 Å². The Bertz CT molecular complexity index is 2140. The maximum absolute atomic E-state index is 13.0. The van der Waals surface area contributed by atoms with E-state index < -0.39 is 10.9 Å². The smallest absolute Gasteiger partial charge is 0.336 e. The van der Waals surface area contributed by atoms with Crippen LogP contribution in [0.15, 0.2) is 77.4 Å². The van der Waals surface area contributed by atoms with Gasteiger partial charge in [0.05, 0.1) is 32.9 Å². The largest absolute Gasteiger partial charge is 0.478 e. The van der Waals surface area contributed by atoms with Crippen molar-refractivity contribution in [1.29, 1.82) is 0 Å². The standard InChI is InChI=1S/C34H31N7O6/c1-3-4-10-29-37-24-13-11-22(36-30(42)17-18-35-25-14-16-27(41(45)46)33-32(25)38-47-39-33)19-28(24)40(29)26-15-12-23(21-8-6-5-7-9-21)31(20(26)2)34(43)44/h5-9,11-16,19,35H,3-4,10,17-18H2,1-2H3,(H,36,42)(H,43,44). The number of hydrogen-bond acceptors (Lipinski definition) is 9. The van der Waals surface area contributed by atoms with Crippen molar-refractivity contribution < 1.29 is 24.2 Å². The maximum Gasteiger partial charge on any atom is 0.336 e. The molecule has 6 rings (SSSR count). The average molecular weight is 634 g/mol. The van der Waals surface area contributed by atoms with Gasteiger partial charge in [-0.25, -0.2) is 14.4 Å². The Morgan fingerprint density at radius 3 is 2.55 bits per heavy atom. The zero-order valence-electron chi connectivity index (χ0n) is 25.7. The lowest BCUT2D eigenvalue weighted by Gasteiger charge is -2.17. The summed E-state index contributed by atoms with van der Waals surface area (Å²) in [5.41, 5.74) is 5.47. The van der Waals surface area contributed by atoms with Crippen LogP contribution in [0.4, 0.5) is 17.1 Å². The van der Waals surface area contributed by atoms with Crippen molar-refractivity contribution in [3.8, 4) is 16.8 Å². The highest BCUT2D eigenvalue weighted by molar-refractivity contribution is 5.99. The van der Waals surface area contributed by atoms with Gasteiger partial charge in [-0.2, -0.15) is 0 Å². The molecular weight excluding hydrogens is 602 g/mol. The molecule has 6 aromatic rings. The van der Waals surface area contributed by atoms with Gasteiger partial charge in [-0.3, -0.25) is 19.5 Å². The number of nitrogens with one attached hydrogen (secondary N) is 2. The lowest BCUT2D eigenvalue weighted by Crippen LogP contribution is -2.16. The van der Waals surface area contributed by atoms with Gasteiger partial charge in [-0.1, -0.05) is 49.7 Å². The minimum absolute atomic E-state index is 0.0214. The molecule has 238 valence electrons. The van der Waals surface area contributed by atoms with Crippen molar-refractivity contribution in [1.82, 2.24) is 19.9 Å². The quantitative estimate of drug-likeness (QED) is 0.0945. The molecule has 0 saturated heterocycles. The van der Waals surface area contributed by atoms with Gasteiger partial charge in [0.1, 0.15) is 5.82 Å². The predicted octanol–water partition coefficient (Wildman–Crippen LogP) is 6.93. The molecule has 0 atom stereocenters. The van der Waals surface area contributed by atoms with Crippen molar-refractivity contribution >= 4 is 51.0 Å². The number of fused-ring (bicyclic) bond motifs is 2. The first-order valence-corrected chi connectivity index (χ1v) is 15.1. The third-order valence-electron chi connectivity index (χ3n) is 8.00. The Morgan fingerprint density at radius 2 is 1.81 bits per heavy atom. The maximum atomic E-state index is 13.0. The second-order valence-electron chi connectivity index (χ2n) is 11.0. The van der Waals surface area contributed by atoms with Crippen LogP contribution in [0.2, 0.25) is 0 Å². The van der Waals surface area contributed by atoms with Gasteiger partial charge in [-0.15, -0.1) is 0 Å². The second kappa shape index (κ2) is 13.1. The zero-order valence-corrected chi connectivity index (χ0v) is 25.7. The number of unbranched alkanes of at least 4 members (excludes halogenated alkanes) is 1. The SMILES string of the molecule is CCCCc1nc2ccc(NC(=O)CCNc3ccc([N+](=O)[O-])c4nonc34)cc2n1-c1ccc(-c2ccccc2)c(C(=O)O)c1C. The van der Waals surface area contributed by atoms with Gasteiger partial charge >= 0.3 is 11.7 Å². The number of hydrogen-bond donors (Lipinski definition) is 3. The number of aromatic nitrogens is 4. The lowest BCUT2D eigenvalue weighted by molar-refractivity contribution is -0.383. The number of imidazole rings is 1. The summed E-state index contributed by atoms with van der Waals surface area (Å²) < 4.78 is 6.69. The molecule has 13 nitrogen and oxygen atoms in total. The highest BCUT2D eigenvalue weighted by atomic mass is 16.6. The topological polar surface area (TPSA) is 178 Å². The fourth-order valence-corrected chi connectivity index (χ4v) is 5.73. The number of rotatable bonds is 12. The van der Waals surface area contributed by atoms with Crippen molar-refractivity contribution in [3.05, 3.63) is 99.9 Å². The van der Waals surface area contributed by atoms with E-state index in [1.54, 1.807) is 6.07 Å². The van der Waals surface area contributed by atoms with Gasteiger partial charge in [0.15, 0.2) is 5.52 Å². The van der Waals surface area contributed by atoms with E-state index in [4.69, 9.17) is 9.61 Å². The molecule has 4 aromatic carbocycles. The van der Waals surface area contributed by atoms with Crippen molar-refractivity contribution in [3.63, 3.8) is 0 Å². The average Bonchev–Trinajstić information content (AvgIpc) is 3.69. The van der Waals surface area contributed by atoms with Gasteiger partial charge in [0.25, 0.3) is 0 Å². The summed E-state index contributed by atoms with van der Waals surface area (Å²) in [6.45, 7) is 4.13. The molecule has 3 N–H and O–H groups in total. The van der Waals surface area contributed by atoms with Gasteiger partial charge in [0, 0.05) is 31.1 Å². The summed E-state index contributed by atoms with van der Waals surface area (Å²) >= 11 is 0. The lowest BCUT2D eigenvalue weighted by atomic mass is 9.94. The number of non-ortho nitro benzene ring substituents is 1. The van der Waals surface area contributed by atoms with Crippen LogP contribution in [0.3, 0.4) is 0 Å². The van der Waals surface area contributed by atoms with E-state index >= 15 is 0 Å². The molecule has 0 bridgehead atoms. The molecular formula is C34H31N7O6. The van der Waals surface area contributed by atoms with Crippen LogP contribution in [0.1, 0.15) is 47.9 Å². The Morgan fingerprint density at radius 1 is 1.02 bits per heavy atom. The second-order valence-corrected chi connectivity index (χ2v) is 11.0. The molecule has 0 aliphatic carbocycles. The van der Waals surface area contributed by atoms with Crippen LogP contribution in [-0.2, 0) is 11.2 Å². The molecule has 0 saturated carbocycles. The Labute approximate surface area is 268 Å². The number of nitrogens with zero attached hydrogens (tertiary/aromatic N) is 5. The third-order valence-corrected chi connectivity index (χ3v) is 8.00. The number of aryl methyl sites for hydroxylation is 1. The minimum Gasteiger partial charge on any atom is -0.478 e. The van der Waals surface area contributed by atoms with Crippen LogP contribution >= 0.6 is 0 Å². The summed E-state index contributed by atoms with van der Waals surface area (Å²) in [7, 11) is 0. The summed E-state index contributed by atoms with van der Waals surface area (Å²) in [6.07, 6.45) is 2.64. The van der Waals surface area contributed by atoms with E-state index in [2.05, 4.69) is 27.9 Å². The number of carboxylic acid groups (broad SMARTS) is 1. The molecule has 47 heavy (non-hydrogen) atoms. The van der Waals surface area contributed by atoms with E-state index in [0.29, 0.717) is 34.6 Å². The van der Waals surface area contributed by atoms with E-state index in [9.17, 15) is 24.8 Å². The molecule has 0 radical (unpaired) electrons. The molecule has 0 fully saturated rings. The number of anilines is 2. The summed E-state index contributed by atoms with van der Waals surface area (Å²) in [5.74, 6) is -0.473. The Kier molecular flexibility index (Phi) is 8.60. The first-order valence-electron chi connectivity index (χ1n) is 15.1. The van der Waals surface area contributed by atoms with E-state index in [0.717, 1.165) is 35.3 Å². The highest BCUT2D eigenvalue weighted by Crippen LogP contribution is 2.34. The van der Waals surface area contributed by atoms with Gasteiger partial charge in [0.2, 0.25) is 11.4 Å². The van der Waals surface area contributed by atoms with Gasteiger partial charge < -0.3 is 15.7 Å². The summed E-state index contributed by atoms with van der Waals surface area (Å²) in [6, 6.07) is 21.5. The molecule has 1 amide bonds. The van der Waals surface area contributed by atoms with Crippen molar-refractivity contribution in [2.45, 2.75) is 39.5 Å². The number of carbonyl (C=O) groups excluding carboxylic acids is 1. The zero-order chi connectivity index (χ0) is 33.1. The van der Waals surface area contributed by atoms with Crippen LogP contribution in [0.25, 0.3) is 38.9 Å². The normalized spacial score (nSPS) is 11.2. The number of nitro benzene ring substituents is 1. The fraction of sp³-hybridized carbons (Fsp3) is 0.206. The number of nitro groups is 1. The molecule has 0 unspecified atom stereocenters.